The highest BCUT2D eigenvalue weighted by Crippen LogP contribution is 2.37. The number of aryl methyl sites for hydroxylation is 1. The van der Waals surface area contributed by atoms with E-state index >= 15 is 0 Å². The van der Waals surface area contributed by atoms with Crippen molar-refractivity contribution in [1.29, 1.82) is 0 Å². The highest BCUT2D eigenvalue weighted by molar-refractivity contribution is 5.80. The first kappa shape index (κ1) is 19.6. The summed E-state index contributed by atoms with van der Waals surface area (Å²) >= 11 is 0. The fraction of sp³-hybridized carbons (Fsp3) is 0.350. The minimum Gasteiger partial charge on any atom is -0.484 e. The predicted octanol–water partition coefficient (Wildman–Crippen LogP) is 0.605. The molecule has 0 bridgehead atoms. The monoisotopic (exact) mass is 411 g/mol. The zero-order chi connectivity index (χ0) is 21.6. The zero-order valence-corrected chi connectivity index (χ0v) is 16.9. The third-order valence-corrected chi connectivity index (χ3v) is 4.97. The maximum Gasteiger partial charge on any atom is 0.332 e. The van der Waals surface area contributed by atoms with Gasteiger partial charge in [0, 0.05) is 20.1 Å². The molecule has 0 N–H and O–H groups in total. The van der Waals surface area contributed by atoms with Gasteiger partial charge in [0.2, 0.25) is 5.95 Å². The topological polar surface area (TPSA) is 108 Å². The molecule has 3 heterocycles. The van der Waals surface area contributed by atoms with E-state index in [2.05, 4.69) is 4.98 Å². The molecule has 10 heteroatoms. The number of imidazole rings is 1. The van der Waals surface area contributed by atoms with Crippen molar-refractivity contribution in [3.05, 3.63) is 45.1 Å². The molecule has 0 amide bonds. The summed E-state index contributed by atoms with van der Waals surface area (Å²) in [6.07, 6.45) is 0. The molecule has 10 nitrogen and oxygen atoms in total. The first-order chi connectivity index (χ1) is 14.3. The standard InChI is InChI=1S/C20H21N5O5/c1-12(26)10-25-18(28)16-17(22(3)20(25)29)21-19-23(8-9-24(16)19)14-6-4-5-7-15(14)30-11-13(2)27/h4-7H,8-11H2,1-3H3. The van der Waals surface area contributed by atoms with Crippen LogP contribution in [0.15, 0.2) is 33.9 Å². The fourth-order valence-corrected chi connectivity index (χ4v) is 3.65. The van der Waals surface area contributed by atoms with Gasteiger partial charge in [-0.3, -0.25) is 23.5 Å². The molecule has 4 rings (SSSR count). The van der Waals surface area contributed by atoms with Crippen molar-refractivity contribution in [2.24, 2.45) is 7.05 Å². The molecule has 0 fully saturated rings. The number of fused-ring (bicyclic) bond motifs is 3. The van der Waals surface area contributed by atoms with E-state index in [1.165, 1.54) is 25.5 Å². The van der Waals surface area contributed by atoms with Gasteiger partial charge in [0.05, 0.1) is 12.2 Å². The van der Waals surface area contributed by atoms with Gasteiger partial charge in [-0.25, -0.2) is 4.79 Å². The SMILES string of the molecule is CC(=O)COc1ccccc1N1CCn2c1nc1c2c(=O)n(CC(C)=O)c(=O)n1C. The Morgan fingerprint density at radius 1 is 1.10 bits per heavy atom. The third kappa shape index (κ3) is 3.10. The largest absolute Gasteiger partial charge is 0.484 e. The number of carbonyl (C=O) groups excluding carboxylic acids is 2. The maximum atomic E-state index is 13.0. The summed E-state index contributed by atoms with van der Waals surface area (Å²) in [5.74, 6) is 0.639. The lowest BCUT2D eigenvalue weighted by molar-refractivity contribution is -0.119. The molecule has 0 saturated heterocycles. The zero-order valence-electron chi connectivity index (χ0n) is 16.9. The normalized spacial score (nSPS) is 13.0. The number of rotatable bonds is 6. The van der Waals surface area contributed by atoms with Crippen LogP contribution in [-0.4, -0.2) is 43.4 Å². The van der Waals surface area contributed by atoms with Gasteiger partial charge in [-0.15, -0.1) is 0 Å². The lowest BCUT2D eigenvalue weighted by Crippen LogP contribution is -2.41. The third-order valence-electron chi connectivity index (χ3n) is 4.97. The summed E-state index contributed by atoms with van der Waals surface area (Å²) in [7, 11) is 1.53. The van der Waals surface area contributed by atoms with Crippen molar-refractivity contribution in [1.82, 2.24) is 18.7 Å². The van der Waals surface area contributed by atoms with Gasteiger partial charge < -0.3 is 14.2 Å². The smallest absolute Gasteiger partial charge is 0.332 e. The van der Waals surface area contributed by atoms with Crippen LogP contribution in [0.25, 0.3) is 11.2 Å². The molecule has 0 unspecified atom stereocenters. The highest BCUT2D eigenvalue weighted by atomic mass is 16.5. The molecule has 30 heavy (non-hydrogen) atoms. The molecular formula is C20H21N5O5. The number of carbonyl (C=O) groups is 2. The predicted molar refractivity (Wildman–Crippen MR) is 110 cm³/mol. The molecule has 3 aromatic rings. The van der Waals surface area contributed by atoms with E-state index in [4.69, 9.17) is 4.74 Å². The van der Waals surface area contributed by atoms with E-state index < -0.39 is 11.2 Å². The first-order valence-corrected chi connectivity index (χ1v) is 9.48. The van der Waals surface area contributed by atoms with Gasteiger partial charge in [0.15, 0.2) is 16.9 Å². The van der Waals surface area contributed by atoms with Crippen LogP contribution in [0.4, 0.5) is 11.6 Å². The van der Waals surface area contributed by atoms with Gasteiger partial charge in [-0.05, 0) is 26.0 Å². The van der Waals surface area contributed by atoms with Crippen molar-refractivity contribution in [3.63, 3.8) is 0 Å². The summed E-state index contributed by atoms with van der Waals surface area (Å²) in [5, 5.41) is 0. The molecule has 0 spiro atoms. The summed E-state index contributed by atoms with van der Waals surface area (Å²) in [6.45, 7) is 3.45. The Hall–Kier alpha value is -3.69. The second-order valence-electron chi connectivity index (χ2n) is 7.28. The number of Topliss-reactive ketones (excluding diaryl/α,β-unsaturated/α-hetero) is 2. The van der Waals surface area contributed by atoms with Crippen molar-refractivity contribution < 1.29 is 14.3 Å². The fourth-order valence-electron chi connectivity index (χ4n) is 3.65. The number of nitrogens with zero attached hydrogens (tertiary/aromatic N) is 5. The van der Waals surface area contributed by atoms with Crippen LogP contribution in [0, 0.1) is 0 Å². The highest BCUT2D eigenvalue weighted by Gasteiger charge is 2.30. The Morgan fingerprint density at radius 3 is 2.53 bits per heavy atom. The number of ether oxygens (including phenoxy) is 1. The molecule has 1 aromatic carbocycles. The van der Waals surface area contributed by atoms with Crippen molar-refractivity contribution in [2.45, 2.75) is 26.9 Å². The van der Waals surface area contributed by atoms with Crippen LogP contribution < -0.4 is 20.9 Å². The number of benzene rings is 1. The lowest BCUT2D eigenvalue weighted by Gasteiger charge is -2.19. The van der Waals surface area contributed by atoms with Crippen molar-refractivity contribution in [2.75, 3.05) is 18.1 Å². The molecule has 0 aliphatic carbocycles. The molecule has 1 aliphatic heterocycles. The van der Waals surface area contributed by atoms with E-state index in [-0.39, 0.29) is 35.9 Å². The number of hydrogen-bond acceptors (Lipinski definition) is 7. The molecule has 0 atom stereocenters. The van der Waals surface area contributed by atoms with Crippen molar-refractivity contribution >= 4 is 34.4 Å². The van der Waals surface area contributed by atoms with E-state index in [0.29, 0.717) is 30.5 Å². The minimum absolute atomic E-state index is 0.0501. The molecule has 1 aliphatic rings. The number of para-hydroxylation sites is 2. The second-order valence-corrected chi connectivity index (χ2v) is 7.28. The molecule has 156 valence electrons. The first-order valence-electron chi connectivity index (χ1n) is 9.48. The summed E-state index contributed by atoms with van der Waals surface area (Å²) in [6, 6.07) is 7.26. The van der Waals surface area contributed by atoms with Crippen LogP contribution in [0.3, 0.4) is 0 Å². The Kier molecular flexibility index (Phi) is 4.76. The van der Waals surface area contributed by atoms with Gasteiger partial charge in [0.1, 0.15) is 18.1 Å². The number of anilines is 2. The van der Waals surface area contributed by atoms with Crippen LogP contribution in [0.5, 0.6) is 5.75 Å². The average molecular weight is 411 g/mol. The molecule has 0 saturated carbocycles. The van der Waals surface area contributed by atoms with Gasteiger partial charge in [0.25, 0.3) is 5.56 Å². The summed E-state index contributed by atoms with van der Waals surface area (Å²) in [5.41, 5.74) is 0.118. The van der Waals surface area contributed by atoms with E-state index in [1.54, 1.807) is 10.6 Å². The van der Waals surface area contributed by atoms with Crippen LogP contribution >= 0.6 is 0 Å². The van der Waals surface area contributed by atoms with Crippen LogP contribution in [-0.2, 0) is 29.7 Å². The maximum absolute atomic E-state index is 13.0. The van der Waals surface area contributed by atoms with E-state index in [0.717, 1.165) is 4.57 Å². The Morgan fingerprint density at radius 2 is 1.83 bits per heavy atom. The Labute approximate surface area is 170 Å². The second kappa shape index (κ2) is 7.29. The molecule has 0 radical (unpaired) electrons. The molecular weight excluding hydrogens is 390 g/mol. The minimum atomic E-state index is -0.587. The number of ketones is 2. The van der Waals surface area contributed by atoms with Crippen LogP contribution in [0.1, 0.15) is 13.8 Å². The van der Waals surface area contributed by atoms with Gasteiger partial charge in [-0.1, -0.05) is 12.1 Å². The van der Waals surface area contributed by atoms with Gasteiger partial charge in [-0.2, -0.15) is 4.98 Å². The quantitative estimate of drug-likeness (QED) is 0.585. The Balaban J connectivity index is 1.87. The number of aromatic nitrogens is 4. The van der Waals surface area contributed by atoms with Gasteiger partial charge >= 0.3 is 5.69 Å². The summed E-state index contributed by atoms with van der Waals surface area (Å²) in [4.78, 5) is 54.9. The average Bonchev–Trinajstić information content (AvgIpc) is 3.27. The van der Waals surface area contributed by atoms with Crippen molar-refractivity contribution in [3.8, 4) is 5.75 Å². The number of hydrogen-bond donors (Lipinski definition) is 0. The molecule has 2 aromatic heterocycles. The Bertz CT molecular complexity index is 1300. The summed E-state index contributed by atoms with van der Waals surface area (Å²) < 4.78 is 9.60. The van der Waals surface area contributed by atoms with Crippen LogP contribution in [0.2, 0.25) is 0 Å². The van der Waals surface area contributed by atoms with E-state index in [1.807, 2.05) is 23.1 Å². The lowest BCUT2D eigenvalue weighted by atomic mass is 10.2. The van der Waals surface area contributed by atoms with E-state index in [9.17, 15) is 19.2 Å².